The van der Waals surface area contributed by atoms with Gasteiger partial charge in [0.05, 0.1) is 4.90 Å². The van der Waals surface area contributed by atoms with E-state index in [2.05, 4.69) is 6.07 Å². The highest BCUT2D eigenvalue weighted by atomic mass is 32.2. The van der Waals surface area contributed by atoms with Crippen LogP contribution in [0, 0.1) is 13.8 Å². The normalized spacial score (nSPS) is 14.0. The highest BCUT2D eigenvalue weighted by molar-refractivity contribution is 7.89. The number of nitrogens with zero attached hydrogens (tertiary/aromatic N) is 1. The van der Waals surface area contributed by atoms with Crippen molar-refractivity contribution in [2.75, 3.05) is 20.3 Å². The molecule has 24 heavy (non-hydrogen) atoms. The lowest BCUT2D eigenvalue weighted by Gasteiger charge is -2.21. The van der Waals surface area contributed by atoms with Crippen LogP contribution in [0.3, 0.4) is 0 Å². The molecule has 0 saturated carbocycles. The third kappa shape index (κ3) is 3.25. The lowest BCUT2D eigenvalue weighted by Crippen LogP contribution is -2.27. The van der Waals surface area contributed by atoms with E-state index in [9.17, 15) is 8.42 Å². The highest BCUT2D eigenvalue weighted by Gasteiger charge is 2.24. The number of ether oxygens (including phenoxy) is 2. The molecule has 0 spiro atoms. The zero-order valence-corrected chi connectivity index (χ0v) is 14.9. The van der Waals surface area contributed by atoms with Gasteiger partial charge in [-0.2, -0.15) is 4.31 Å². The van der Waals surface area contributed by atoms with E-state index in [-0.39, 0.29) is 4.90 Å². The maximum atomic E-state index is 12.8. The number of benzene rings is 2. The van der Waals surface area contributed by atoms with Gasteiger partial charge in [0.25, 0.3) is 0 Å². The molecule has 0 N–H and O–H groups in total. The molecule has 6 heteroatoms. The standard InChI is InChI=1S/C18H21NO4S/c1-13-4-5-15(14(2)10-13)12-19(3)24(20,21)16-6-7-17-18(11-16)23-9-8-22-17/h4-7,10-11H,8-9,12H2,1-3H3. The first kappa shape index (κ1) is 16.8. The van der Waals surface area contributed by atoms with Crippen LogP contribution in [0.25, 0.3) is 0 Å². The molecule has 1 heterocycles. The van der Waals surface area contributed by atoms with Crippen molar-refractivity contribution in [1.82, 2.24) is 4.31 Å². The van der Waals surface area contributed by atoms with E-state index in [1.54, 1.807) is 19.2 Å². The Kier molecular flexibility index (Phi) is 4.51. The van der Waals surface area contributed by atoms with E-state index in [4.69, 9.17) is 9.47 Å². The zero-order valence-electron chi connectivity index (χ0n) is 14.1. The van der Waals surface area contributed by atoms with Crippen molar-refractivity contribution in [2.24, 2.45) is 0 Å². The van der Waals surface area contributed by atoms with Gasteiger partial charge in [-0.1, -0.05) is 23.8 Å². The van der Waals surface area contributed by atoms with Gasteiger partial charge in [-0.25, -0.2) is 8.42 Å². The Morgan fingerprint density at radius 2 is 1.71 bits per heavy atom. The van der Waals surface area contributed by atoms with E-state index in [1.807, 2.05) is 26.0 Å². The lowest BCUT2D eigenvalue weighted by atomic mass is 10.1. The highest BCUT2D eigenvalue weighted by Crippen LogP contribution is 2.33. The molecule has 0 aromatic heterocycles. The summed E-state index contributed by atoms with van der Waals surface area (Å²) in [4.78, 5) is 0.207. The van der Waals surface area contributed by atoms with Crippen LogP contribution in [-0.2, 0) is 16.6 Å². The van der Waals surface area contributed by atoms with Gasteiger partial charge in [-0.05, 0) is 37.1 Å². The molecular formula is C18H21NO4S. The van der Waals surface area contributed by atoms with Crippen LogP contribution in [0.2, 0.25) is 0 Å². The van der Waals surface area contributed by atoms with Crippen molar-refractivity contribution in [2.45, 2.75) is 25.3 Å². The molecule has 128 valence electrons. The van der Waals surface area contributed by atoms with Gasteiger partial charge in [0.15, 0.2) is 11.5 Å². The molecule has 5 nitrogen and oxygen atoms in total. The first-order chi connectivity index (χ1) is 11.4. The number of rotatable bonds is 4. The molecule has 0 radical (unpaired) electrons. The summed E-state index contributed by atoms with van der Waals surface area (Å²) in [5.41, 5.74) is 3.23. The van der Waals surface area contributed by atoms with Crippen molar-refractivity contribution in [3.05, 3.63) is 53.1 Å². The zero-order chi connectivity index (χ0) is 17.3. The molecule has 0 amide bonds. The van der Waals surface area contributed by atoms with E-state index in [0.717, 1.165) is 16.7 Å². The molecule has 0 saturated heterocycles. The SMILES string of the molecule is Cc1ccc(CN(C)S(=O)(=O)c2ccc3c(c2)OCCO3)c(C)c1. The maximum absolute atomic E-state index is 12.8. The van der Waals surface area contributed by atoms with Gasteiger partial charge in [0.2, 0.25) is 10.0 Å². The molecule has 0 fully saturated rings. The molecule has 3 rings (SSSR count). The average molecular weight is 347 g/mol. The summed E-state index contributed by atoms with van der Waals surface area (Å²) in [5, 5.41) is 0. The quantitative estimate of drug-likeness (QED) is 0.853. The van der Waals surface area contributed by atoms with Crippen LogP contribution in [-0.4, -0.2) is 33.0 Å². The fourth-order valence-electron chi connectivity index (χ4n) is 2.71. The Hall–Kier alpha value is -2.05. The Labute approximate surface area is 142 Å². The fraction of sp³-hybridized carbons (Fsp3) is 0.333. The van der Waals surface area contributed by atoms with E-state index >= 15 is 0 Å². The van der Waals surface area contributed by atoms with Gasteiger partial charge < -0.3 is 9.47 Å². The Balaban J connectivity index is 1.86. The Morgan fingerprint density at radius 3 is 2.42 bits per heavy atom. The first-order valence-corrected chi connectivity index (χ1v) is 9.24. The van der Waals surface area contributed by atoms with Crippen LogP contribution < -0.4 is 9.47 Å². The number of hydrogen-bond acceptors (Lipinski definition) is 4. The van der Waals surface area contributed by atoms with Crippen molar-refractivity contribution < 1.29 is 17.9 Å². The average Bonchev–Trinajstić information content (AvgIpc) is 2.56. The molecule has 2 aromatic rings. The van der Waals surface area contributed by atoms with Crippen molar-refractivity contribution in [3.8, 4) is 11.5 Å². The van der Waals surface area contributed by atoms with Crippen LogP contribution in [0.4, 0.5) is 0 Å². The van der Waals surface area contributed by atoms with Crippen LogP contribution >= 0.6 is 0 Å². The van der Waals surface area contributed by atoms with Crippen molar-refractivity contribution in [1.29, 1.82) is 0 Å². The van der Waals surface area contributed by atoms with Gasteiger partial charge in [-0.3, -0.25) is 0 Å². The predicted octanol–water partition coefficient (Wildman–Crippen LogP) is 2.90. The third-order valence-corrected chi connectivity index (χ3v) is 5.91. The molecule has 0 atom stereocenters. The lowest BCUT2D eigenvalue weighted by molar-refractivity contribution is 0.171. The molecule has 1 aliphatic rings. The van der Waals surface area contributed by atoms with E-state index < -0.39 is 10.0 Å². The van der Waals surface area contributed by atoms with Crippen LogP contribution in [0.5, 0.6) is 11.5 Å². The summed E-state index contributed by atoms with van der Waals surface area (Å²) < 4.78 is 37.9. The minimum atomic E-state index is -3.60. The summed E-state index contributed by atoms with van der Waals surface area (Å²) in [6.45, 7) is 5.24. The second kappa shape index (κ2) is 6.45. The minimum Gasteiger partial charge on any atom is -0.486 e. The molecule has 0 bridgehead atoms. The Bertz CT molecular complexity index is 861. The smallest absolute Gasteiger partial charge is 0.243 e. The summed E-state index contributed by atoms with van der Waals surface area (Å²) in [6.07, 6.45) is 0. The van der Waals surface area contributed by atoms with Crippen LogP contribution in [0.15, 0.2) is 41.3 Å². The molecule has 1 aliphatic heterocycles. The molecular weight excluding hydrogens is 326 g/mol. The van der Waals surface area contributed by atoms with Gasteiger partial charge >= 0.3 is 0 Å². The number of sulfonamides is 1. The van der Waals surface area contributed by atoms with E-state index in [1.165, 1.54) is 10.4 Å². The molecule has 2 aromatic carbocycles. The van der Waals surface area contributed by atoms with Crippen molar-refractivity contribution >= 4 is 10.0 Å². The van der Waals surface area contributed by atoms with Crippen molar-refractivity contribution in [3.63, 3.8) is 0 Å². The number of hydrogen-bond donors (Lipinski definition) is 0. The molecule has 0 unspecified atom stereocenters. The van der Waals surface area contributed by atoms with Gasteiger partial charge in [0, 0.05) is 19.7 Å². The largest absolute Gasteiger partial charge is 0.486 e. The monoisotopic (exact) mass is 347 g/mol. The molecule has 0 aliphatic carbocycles. The predicted molar refractivity (Wildman–Crippen MR) is 92.0 cm³/mol. The number of aryl methyl sites for hydroxylation is 2. The van der Waals surface area contributed by atoms with E-state index in [0.29, 0.717) is 31.3 Å². The Morgan fingerprint density at radius 1 is 1.00 bits per heavy atom. The fourth-order valence-corrected chi connectivity index (χ4v) is 3.88. The van der Waals surface area contributed by atoms with Crippen LogP contribution in [0.1, 0.15) is 16.7 Å². The summed E-state index contributed by atoms with van der Waals surface area (Å²) in [6, 6.07) is 10.8. The van der Waals surface area contributed by atoms with Gasteiger partial charge in [0.1, 0.15) is 13.2 Å². The third-order valence-electron chi connectivity index (χ3n) is 4.11. The summed E-state index contributed by atoms with van der Waals surface area (Å²) in [7, 11) is -2.01. The minimum absolute atomic E-state index is 0.207. The summed E-state index contributed by atoms with van der Waals surface area (Å²) >= 11 is 0. The maximum Gasteiger partial charge on any atom is 0.243 e. The second-order valence-electron chi connectivity index (χ2n) is 6.00. The van der Waals surface area contributed by atoms with Gasteiger partial charge in [-0.15, -0.1) is 0 Å². The summed E-state index contributed by atoms with van der Waals surface area (Å²) in [5.74, 6) is 1.06. The number of fused-ring (bicyclic) bond motifs is 1. The first-order valence-electron chi connectivity index (χ1n) is 7.80. The second-order valence-corrected chi connectivity index (χ2v) is 8.04. The topological polar surface area (TPSA) is 55.8 Å².